The minimum Gasteiger partial charge on any atom is -0.378 e. The van der Waals surface area contributed by atoms with Gasteiger partial charge in [-0.3, -0.25) is 9.59 Å². The molecular weight excluding hydrogens is 404 g/mol. The van der Waals surface area contributed by atoms with Crippen molar-refractivity contribution in [3.05, 3.63) is 81.2 Å². The van der Waals surface area contributed by atoms with E-state index in [9.17, 15) is 9.59 Å². The number of amides is 1. The number of nitrogens with one attached hydrogen (secondary N) is 1. The van der Waals surface area contributed by atoms with E-state index in [1.807, 2.05) is 24.3 Å². The number of hydrogen-bond acceptors (Lipinski definition) is 5. The number of aromatic nitrogens is 2. The van der Waals surface area contributed by atoms with Crippen LogP contribution in [-0.4, -0.2) is 42.0 Å². The summed E-state index contributed by atoms with van der Waals surface area (Å²) in [4.78, 5) is 27.4. The van der Waals surface area contributed by atoms with Gasteiger partial charge in [-0.1, -0.05) is 11.6 Å². The molecule has 0 bridgehead atoms. The molecule has 1 aliphatic heterocycles. The van der Waals surface area contributed by atoms with Gasteiger partial charge in [-0.05, 0) is 55.5 Å². The van der Waals surface area contributed by atoms with Gasteiger partial charge in [-0.25, -0.2) is 4.68 Å². The molecule has 1 saturated heterocycles. The number of rotatable bonds is 4. The molecule has 0 atom stereocenters. The van der Waals surface area contributed by atoms with Crippen molar-refractivity contribution in [2.45, 2.75) is 6.92 Å². The molecule has 0 aliphatic carbocycles. The molecule has 154 valence electrons. The van der Waals surface area contributed by atoms with Crippen LogP contribution in [0.2, 0.25) is 5.02 Å². The molecule has 0 unspecified atom stereocenters. The van der Waals surface area contributed by atoms with E-state index in [4.69, 9.17) is 16.3 Å². The molecule has 7 nitrogen and oxygen atoms in total. The summed E-state index contributed by atoms with van der Waals surface area (Å²) in [6.45, 7) is 4.84. The van der Waals surface area contributed by atoms with Gasteiger partial charge in [0.2, 0.25) is 5.43 Å². The highest BCUT2D eigenvalue weighted by molar-refractivity contribution is 6.30. The summed E-state index contributed by atoms with van der Waals surface area (Å²) in [5, 5.41) is 7.64. The molecule has 0 radical (unpaired) electrons. The van der Waals surface area contributed by atoms with Crippen LogP contribution >= 0.6 is 11.6 Å². The Kier molecular flexibility index (Phi) is 5.83. The predicted octanol–water partition coefficient (Wildman–Crippen LogP) is 3.28. The number of carbonyl (C=O) groups excluding carboxylic acids is 1. The minimum absolute atomic E-state index is 0.173. The third kappa shape index (κ3) is 4.37. The van der Waals surface area contributed by atoms with Crippen LogP contribution in [0.5, 0.6) is 0 Å². The Morgan fingerprint density at radius 3 is 2.33 bits per heavy atom. The molecule has 8 heteroatoms. The van der Waals surface area contributed by atoms with E-state index in [0.717, 1.165) is 18.8 Å². The standard InChI is InChI=1S/C22H21ClN4O3/c1-15-14-20(28)21(25-27(15)19-6-2-16(23)3-7-19)22(29)24-17-4-8-18(9-5-17)26-10-12-30-13-11-26/h2-9,14H,10-13H2,1H3,(H,24,29). The van der Waals surface area contributed by atoms with Crippen LogP contribution in [0.15, 0.2) is 59.4 Å². The van der Waals surface area contributed by atoms with E-state index in [1.54, 1.807) is 35.9 Å². The smallest absolute Gasteiger partial charge is 0.280 e. The maximum atomic E-state index is 12.7. The van der Waals surface area contributed by atoms with Crippen molar-refractivity contribution in [2.24, 2.45) is 0 Å². The lowest BCUT2D eigenvalue weighted by Crippen LogP contribution is -2.36. The van der Waals surface area contributed by atoms with Crippen LogP contribution in [-0.2, 0) is 4.74 Å². The quantitative estimate of drug-likeness (QED) is 0.695. The number of nitrogens with zero attached hydrogens (tertiary/aromatic N) is 3. The number of hydrogen-bond donors (Lipinski definition) is 1. The second-order valence-electron chi connectivity index (χ2n) is 6.99. The zero-order valence-corrected chi connectivity index (χ0v) is 17.2. The molecule has 3 aromatic rings. The summed E-state index contributed by atoms with van der Waals surface area (Å²) in [5.41, 5.74) is 2.38. The van der Waals surface area contributed by atoms with E-state index in [2.05, 4.69) is 15.3 Å². The Hall–Kier alpha value is -3.16. The van der Waals surface area contributed by atoms with Gasteiger partial charge in [0, 0.05) is 41.2 Å². The fourth-order valence-electron chi connectivity index (χ4n) is 3.32. The molecule has 1 N–H and O–H groups in total. The highest BCUT2D eigenvalue weighted by Crippen LogP contribution is 2.19. The minimum atomic E-state index is -0.554. The SMILES string of the molecule is Cc1cc(=O)c(C(=O)Nc2ccc(N3CCOCC3)cc2)nn1-c1ccc(Cl)cc1. The molecule has 0 saturated carbocycles. The van der Waals surface area contributed by atoms with Crippen LogP contribution < -0.4 is 15.6 Å². The molecule has 2 heterocycles. The Labute approximate surface area is 178 Å². The molecule has 30 heavy (non-hydrogen) atoms. The average Bonchev–Trinajstić information content (AvgIpc) is 2.76. The topological polar surface area (TPSA) is 76.5 Å². The van der Waals surface area contributed by atoms with E-state index < -0.39 is 11.3 Å². The van der Waals surface area contributed by atoms with Crippen molar-refractivity contribution >= 4 is 28.9 Å². The summed E-state index contributed by atoms with van der Waals surface area (Å²) >= 11 is 5.94. The predicted molar refractivity (Wildman–Crippen MR) is 117 cm³/mol. The third-order valence-corrected chi connectivity index (χ3v) is 5.15. The van der Waals surface area contributed by atoms with E-state index >= 15 is 0 Å². The number of carbonyl (C=O) groups is 1. The maximum Gasteiger partial charge on any atom is 0.280 e. The van der Waals surface area contributed by atoms with E-state index in [0.29, 0.717) is 35.3 Å². The van der Waals surface area contributed by atoms with E-state index in [1.165, 1.54) is 6.07 Å². The van der Waals surface area contributed by atoms with Gasteiger partial charge in [0.25, 0.3) is 5.91 Å². The largest absolute Gasteiger partial charge is 0.378 e. The van der Waals surface area contributed by atoms with E-state index in [-0.39, 0.29) is 5.69 Å². The number of aryl methyl sites for hydroxylation is 1. The number of ether oxygens (including phenoxy) is 1. The highest BCUT2D eigenvalue weighted by Gasteiger charge is 2.16. The van der Waals surface area contributed by atoms with Gasteiger partial charge in [0.15, 0.2) is 5.69 Å². The summed E-state index contributed by atoms with van der Waals surface area (Å²) in [7, 11) is 0. The Bertz CT molecular complexity index is 1100. The molecule has 1 amide bonds. The Balaban J connectivity index is 1.55. The van der Waals surface area contributed by atoms with Gasteiger partial charge in [-0.15, -0.1) is 0 Å². The number of morpholine rings is 1. The lowest BCUT2D eigenvalue weighted by atomic mass is 10.2. The number of anilines is 2. The maximum absolute atomic E-state index is 12.7. The zero-order chi connectivity index (χ0) is 21.1. The second kappa shape index (κ2) is 8.69. The first-order chi connectivity index (χ1) is 14.5. The van der Waals surface area contributed by atoms with Gasteiger partial charge < -0.3 is 15.0 Å². The first-order valence-corrected chi connectivity index (χ1v) is 10.00. The van der Waals surface area contributed by atoms with Gasteiger partial charge >= 0.3 is 0 Å². The normalized spacial score (nSPS) is 13.9. The molecule has 4 rings (SSSR count). The van der Waals surface area contributed by atoms with Crippen LogP contribution in [0, 0.1) is 6.92 Å². The van der Waals surface area contributed by atoms with Crippen LogP contribution in [0.4, 0.5) is 11.4 Å². The summed E-state index contributed by atoms with van der Waals surface area (Å²) in [6.07, 6.45) is 0. The van der Waals surface area contributed by atoms with Gasteiger partial charge in [-0.2, -0.15) is 5.10 Å². The fraction of sp³-hybridized carbons (Fsp3) is 0.227. The fourth-order valence-corrected chi connectivity index (χ4v) is 3.44. The summed E-state index contributed by atoms with van der Waals surface area (Å²) in [6, 6.07) is 15.9. The van der Waals surface area contributed by atoms with Crippen LogP contribution in [0.1, 0.15) is 16.2 Å². The average molecular weight is 425 g/mol. The molecule has 1 aromatic heterocycles. The zero-order valence-electron chi connectivity index (χ0n) is 16.5. The van der Waals surface area contributed by atoms with Crippen LogP contribution in [0.25, 0.3) is 5.69 Å². The molecule has 1 aliphatic rings. The Morgan fingerprint density at radius 1 is 1.03 bits per heavy atom. The first-order valence-electron chi connectivity index (χ1n) is 9.62. The first kappa shape index (κ1) is 20.1. The molecule has 1 fully saturated rings. The lowest BCUT2D eigenvalue weighted by molar-refractivity contribution is 0.101. The number of benzene rings is 2. The highest BCUT2D eigenvalue weighted by atomic mass is 35.5. The summed E-state index contributed by atoms with van der Waals surface area (Å²) < 4.78 is 6.92. The molecule has 2 aromatic carbocycles. The summed E-state index contributed by atoms with van der Waals surface area (Å²) in [5.74, 6) is -0.554. The van der Waals surface area contributed by atoms with Gasteiger partial charge in [0.1, 0.15) is 0 Å². The second-order valence-corrected chi connectivity index (χ2v) is 7.42. The third-order valence-electron chi connectivity index (χ3n) is 4.90. The Morgan fingerprint density at radius 2 is 1.67 bits per heavy atom. The van der Waals surface area contributed by atoms with Crippen molar-refractivity contribution < 1.29 is 9.53 Å². The van der Waals surface area contributed by atoms with Crippen molar-refractivity contribution in [2.75, 3.05) is 36.5 Å². The van der Waals surface area contributed by atoms with Gasteiger partial charge in [0.05, 0.1) is 18.9 Å². The monoisotopic (exact) mass is 424 g/mol. The van der Waals surface area contributed by atoms with Crippen molar-refractivity contribution in [3.63, 3.8) is 0 Å². The van der Waals surface area contributed by atoms with Crippen molar-refractivity contribution in [1.29, 1.82) is 0 Å². The lowest BCUT2D eigenvalue weighted by Gasteiger charge is -2.28. The van der Waals surface area contributed by atoms with Crippen molar-refractivity contribution in [3.8, 4) is 5.69 Å². The van der Waals surface area contributed by atoms with Crippen molar-refractivity contribution in [1.82, 2.24) is 9.78 Å². The molecular formula is C22H21ClN4O3. The number of halogens is 1. The molecule has 0 spiro atoms. The van der Waals surface area contributed by atoms with Crippen LogP contribution in [0.3, 0.4) is 0 Å².